The first kappa shape index (κ1) is 13.7. The summed E-state index contributed by atoms with van der Waals surface area (Å²) in [7, 11) is 0. The molecule has 5 heteroatoms. The average molecular weight is 298 g/mol. The molecule has 1 aliphatic rings. The van der Waals surface area contributed by atoms with Crippen LogP contribution in [0.2, 0.25) is 0 Å². The maximum atomic E-state index is 12.4. The summed E-state index contributed by atoms with van der Waals surface area (Å²) >= 11 is 0.979. The zero-order valence-electron chi connectivity index (χ0n) is 11.5. The van der Waals surface area contributed by atoms with Gasteiger partial charge >= 0.3 is 0 Å². The summed E-state index contributed by atoms with van der Waals surface area (Å²) in [5.41, 5.74) is 1.53. The summed E-state index contributed by atoms with van der Waals surface area (Å²) in [5.74, 6) is -0.264. The lowest BCUT2D eigenvalue weighted by molar-refractivity contribution is -0.113. The first-order valence-corrected chi connectivity index (χ1v) is 7.50. The van der Waals surface area contributed by atoms with E-state index in [4.69, 9.17) is 0 Å². The monoisotopic (exact) mass is 298 g/mol. The number of para-hydroxylation sites is 1. The first-order valence-electron chi connectivity index (χ1n) is 6.69. The summed E-state index contributed by atoms with van der Waals surface area (Å²) in [6.45, 7) is 2.86. The maximum Gasteiger partial charge on any atom is 0.298 e. The molecule has 2 heterocycles. The van der Waals surface area contributed by atoms with E-state index in [-0.39, 0.29) is 11.1 Å². The summed E-state index contributed by atoms with van der Waals surface area (Å²) in [5, 5.41) is -0.257. The fourth-order valence-corrected chi connectivity index (χ4v) is 3.07. The highest BCUT2D eigenvalue weighted by Gasteiger charge is 2.36. The molecule has 1 fully saturated rings. The Morgan fingerprint density at radius 1 is 1.10 bits per heavy atom. The normalized spacial score (nSPS) is 17.0. The van der Waals surface area contributed by atoms with Crippen molar-refractivity contribution >= 4 is 34.7 Å². The molecule has 1 saturated heterocycles. The Labute approximate surface area is 127 Å². The van der Waals surface area contributed by atoms with Gasteiger partial charge in [-0.25, -0.2) is 4.90 Å². The van der Waals surface area contributed by atoms with Crippen molar-refractivity contribution in [1.29, 1.82) is 0 Å². The fraction of sp³-hybridized carbons (Fsp3) is 0.125. The van der Waals surface area contributed by atoms with E-state index in [1.54, 1.807) is 18.2 Å². The van der Waals surface area contributed by atoms with Crippen LogP contribution in [0.3, 0.4) is 0 Å². The number of aromatic nitrogens is 1. The van der Waals surface area contributed by atoms with Crippen molar-refractivity contribution in [2.24, 2.45) is 0 Å². The lowest BCUT2D eigenvalue weighted by atomic mass is 10.3. The quantitative estimate of drug-likeness (QED) is 0.810. The van der Waals surface area contributed by atoms with E-state index in [1.807, 2.05) is 48.0 Å². The Hall–Kier alpha value is -2.27. The van der Waals surface area contributed by atoms with Crippen molar-refractivity contribution in [2.75, 3.05) is 4.90 Å². The van der Waals surface area contributed by atoms with Gasteiger partial charge in [-0.2, -0.15) is 0 Å². The van der Waals surface area contributed by atoms with E-state index in [1.165, 1.54) is 4.90 Å². The van der Waals surface area contributed by atoms with Crippen LogP contribution in [0, 0.1) is 0 Å². The van der Waals surface area contributed by atoms with Crippen molar-refractivity contribution in [3.8, 4) is 0 Å². The largest absolute Gasteiger partial charge is 0.348 e. The molecule has 2 aromatic rings. The minimum absolute atomic E-state index is 0.257. The van der Waals surface area contributed by atoms with Crippen molar-refractivity contribution < 1.29 is 9.59 Å². The molecule has 0 unspecified atom stereocenters. The standard InChI is InChI=1S/C16H14N2O2S/c1-2-17-10-6-9-13(17)11-14-15(19)18(16(20)21-14)12-7-4-3-5-8-12/h3-11H,2H2,1H3/b14-11+. The highest BCUT2D eigenvalue weighted by molar-refractivity contribution is 8.19. The topological polar surface area (TPSA) is 42.3 Å². The van der Waals surface area contributed by atoms with Crippen LogP contribution in [-0.2, 0) is 11.3 Å². The van der Waals surface area contributed by atoms with Gasteiger partial charge in [0.25, 0.3) is 11.1 Å². The number of hydrogen-bond acceptors (Lipinski definition) is 3. The van der Waals surface area contributed by atoms with Gasteiger partial charge in [-0.1, -0.05) is 18.2 Å². The highest BCUT2D eigenvalue weighted by atomic mass is 32.2. The number of amides is 2. The van der Waals surface area contributed by atoms with Crippen LogP contribution in [0.25, 0.3) is 6.08 Å². The third kappa shape index (κ3) is 2.52. The van der Waals surface area contributed by atoms with Crippen LogP contribution in [-0.4, -0.2) is 15.7 Å². The SMILES string of the molecule is CCn1cccc1/C=C1/SC(=O)N(c2ccccc2)C1=O. The molecular formula is C16H14N2O2S. The van der Waals surface area contributed by atoms with E-state index in [9.17, 15) is 9.59 Å². The minimum Gasteiger partial charge on any atom is -0.348 e. The van der Waals surface area contributed by atoms with Crippen LogP contribution in [0.1, 0.15) is 12.6 Å². The van der Waals surface area contributed by atoms with E-state index >= 15 is 0 Å². The number of hydrogen-bond donors (Lipinski definition) is 0. The molecule has 1 aromatic carbocycles. The molecule has 3 rings (SSSR count). The molecule has 1 aromatic heterocycles. The number of nitrogens with zero attached hydrogens (tertiary/aromatic N) is 2. The van der Waals surface area contributed by atoms with Gasteiger partial charge in [0.15, 0.2) is 0 Å². The van der Waals surface area contributed by atoms with E-state index in [0.29, 0.717) is 10.6 Å². The molecule has 0 bridgehead atoms. The molecule has 0 radical (unpaired) electrons. The second kappa shape index (κ2) is 5.61. The van der Waals surface area contributed by atoms with Gasteiger partial charge in [0.1, 0.15) is 0 Å². The molecule has 4 nitrogen and oxygen atoms in total. The molecular weight excluding hydrogens is 284 g/mol. The van der Waals surface area contributed by atoms with Crippen LogP contribution in [0.4, 0.5) is 10.5 Å². The number of imide groups is 1. The van der Waals surface area contributed by atoms with Crippen LogP contribution >= 0.6 is 11.8 Å². The Bertz CT molecular complexity index is 719. The Morgan fingerprint density at radius 3 is 2.57 bits per heavy atom. The maximum absolute atomic E-state index is 12.4. The zero-order valence-corrected chi connectivity index (χ0v) is 12.3. The number of aryl methyl sites for hydroxylation is 1. The van der Waals surface area contributed by atoms with Gasteiger partial charge in [-0.05, 0) is 49.0 Å². The third-order valence-electron chi connectivity index (χ3n) is 3.29. The van der Waals surface area contributed by atoms with Crippen LogP contribution in [0.5, 0.6) is 0 Å². The third-order valence-corrected chi connectivity index (χ3v) is 4.16. The second-order valence-electron chi connectivity index (χ2n) is 4.57. The summed E-state index contributed by atoms with van der Waals surface area (Å²) in [6, 6.07) is 12.8. The number of anilines is 1. The first-order chi connectivity index (χ1) is 10.2. The molecule has 0 spiro atoms. The zero-order chi connectivity index (χ0) is 14.8. The van der Waals surface area contributed by atoms with Gasteiger partial charge in [-0.3, -0.25) is 9.59 Å². The van der Waals surface area contributed by atoms with Gasteiger partial charge in [0, 0.05) is 18.4 Å². The Morgan fingerprint density at radius 2 is 1.86 bits per heavy atom. The summed E-state index contributed by atoms with van der Waals surface area (Å²) in [6.07, 6.45) is 3.73. The smallest absolute Gasteiger partial charge is 0.298 e. The Kier molecular flexibility index (Phi) is 3.66. The van der Waals surface area contributed by atoms with Crippen molar-refractivity contribution in [1.82, 2.24) is 4.57 Å². The lowest BCUT2D eigenvalue weighted by Crippen LogP contribution is -2.27. The molecule has 0 N–H and O–H groups in total. The molecule has 0 saturated carbocycles. The fourth-order valence-electron chi connectivity index (χ4n) is 2.25. The van der Waals surface area contributed by atoms with Crippen LogP contribution < -0.4 is 4.90 Å². The number of rotatable bonds is 3. The predicted molar refractivity (Wildman–Crippen MR) is 85.0 cm³/mol. The number of benzene rings is 1. The van der Waals surface area contributed by atoms with E-state index in [0.717, 1.165) is 24.0 Å². The molecule has 106 valence electrons. The number of carbonyl (C=O) groups excluding carboxylic acids is 2. The van der Waals surface area contributed by atoms with Gasteiger partial charge < -0.3 is 4.57 Å². The van der Waals surface area contributed by atoms with Crippen molar-refractivity contribution in [3.05, 3.63) is 59.3 Å². The summed E-state index contributed by atoms with van der Waals surface area (Å²) in [4.78, 5) is 26.2. The number of carbonyl (C=O) groups is 2. The number of thioether (sulfide) groups is 1. The molecule has 0 aliphatic carbocycles. The van der Waals surface area contributed by atoms with E-state index < -0.39 is 0 Å². The predicted octanol–water partition coefficient (Wildman–Crippen LogP) is 3.75. The average Bonchev–Trinajstić information content (AvgIpc) is 3.05. The van der Waals surface area contributed by atoms with Gasteiger partial charge in [0.2, 0.25) is 0 Å². The minimum atomic E-state index is -0.264. The summed E-state index contributed by atoms with van der Waals surface area (Å²) < 4.78 is 2.02. The lowest BCUT2D eigenvalue weighted by Gasteiger charge is -2.11. The van der Waals surface area contributed by atoms with Crippen molar-refractivity contribution in [3.63, 3.8) is 0 Å². The molecule has 21 heavy (non-hydrogen) atoms. The van der Waals surface area contributed by atoms with Crippen molar-refractivity contribution in [2.45, 2.75) is 13.5 Å². The van der Waals surface area contributed by atoms with Gasteiger partial charge in [-0.15, -0.1) is 0 Å². The van der Waals surface area contributed by atoms with Crippen LogP contribution in [0.15, 0.2) is 53.6 Å². The van der Waals surface area contributed by atoms with Gasteiger partial charge in [0.05, 0.1) is 10.6 Å². The highest BCUT2D eigenvalue weighted by Crippen LogP contribution is 2.35. The Balaban J connectivity index is 1.94. The molecule has 0 atom stereocenters. The van der Waals surface area contributed by atoms with E-state index in [2.05, 4.69) is 0 Å². The molecule has 2 amide bonds. The molecule has 1 aliphatic heterocycles. The second-order valence-corrected chi connectivity index (χ2v) is 5.56.